The average Bonchev–Trinajstić information content (AvgIpc) is 2.95. The Morgan fingerprint density at radius 2 is 1.80 bits per heavy atom. The summed E-state index contributed by atoms with van der Waals surface area (Å²) in [5.41, 5.74) is 10.00. The molecule has 41 heavy (non-hydrogen) atoms. The lowest BCUT2D eigenvalue weighted by Gasteiger charge is -2.39. The summed E-state index contributed by atoms with van der Waals surface area (Å²) in [5.74, 6) is 0.223. The number of nitrogens with zero attached hydrogens (tertiary/aromatic N) is 3. The topological polar surface area (TPSA) is 111 Å². The van der Waals surface area contributed by atoms with Crippen molar-refractivity contribution in [3.05, 3.63) is 83.4 Å². The van der Waals surface area contributed by atoms with Crippen molar-refractivity contribution in [3.63, 3.8) is 0 Å². The first-order chi connectivity index (χ1) is 19.6. The number of likely N-dealkylation sites (N-methyl/N-ethyl adjacent to an activating group) is 1. The Hall–Kier alpha value is -4.08. The van der Waals surface area contributed by atoms with Crippen molar-refractivity contribution in [2.75, 3.05) is 56.8 Å². The number of rotatable bonds is 9. The van der Waals surface area contributed by atoms with Gasteiger partial charge in [-0.25, -0.2) is 0 Å². The zero-order valence-corrected chi connectivity index (χ0v) is 24.5. The number of benzene rings is 3. The van der Waals surface area contributed by atoms with Gasteiger partial charge in [-0.05, 0) is 55.9 Å². The number of nitrogens with two attached hydrogens (primary N) is 1. The van der Waals surface area contributed by atoms with E-state index in [0.29, 0.717) is 47.9 Å². The Balaban J connectivity index is 1.49. The second-order valence-corrected chi connectivity index (χ2v) is 11.1. The van der Waals surface area contributed by atoms with E-state index in [0.717, 1.165) is 11.3 Å². The van der Waals surface area contributed by atoms with Crippen LogP contribution in [0.5, 0.6) is 5.75 Å². The van der Waals surface area contributed by atoms with E-state index in [2.05, 4.69) is 17.1 Å². The van der Waals surface area contributed by atoms with Gasteiger partial charge in [0.2, 0.25) is 0 Å². The molecule has 2 amide bonds. The highest BCUT2D eigenvalue weighted by atomic mass is 16.5. The lowest BCUT2D eigenvalue weighted by Crippen LogP contribution is -2.49. The van der Waals surface area contributed by atoms with E-state index in [9.17, 15) is 14.7 Å². The Labute approximate surface area is 242 Å². The average molecular weight is 560 g/mol. The molecule has 1 aliphatic rings. The number of ether oxygens (including phenoxy) is 1. The first-order valence-corrected chi connectivity index (χ1v) is 13.9. The SMILES string of the molecule is C[C@H]1CN([C@@H](C)CO)C(=O)c2cccc(N(C)C)c2O[C@H]1CN(C)Cc1ccc(C(=O)Nc2ccccc2N)cc1. The van der Waals surface area contributed by atoms with E-state index in [1.165, 1.54) is 0 Å². The number of hydrogen-bond donors (Lipinski definition) is 3. The maximum atomic E-state index is 13.5. The smallest absolute Gasteiger partial charge is 0.258 e. The van der Waals surface area contributed by atoms with Crippen molar-refractivity contribution < 1.29 is 19.4 Å². The molecule has 0 fully saturated rings. The number of amides is 2. The summed E-state index contributed by atoms with van der Waals surface area (Å²) in [6, 6.07) is 20.0. The second-order valence-electron chi connectivity index (χ2n) is 11.1. The normalized spacial score (nSPS) is 17.7. The Morgan fingerprint density at radius 1 is 1.10 bits per heavy atom. The van der Waals surface area contributed by atoms with Gasteiger partial charge in [0, 0.05) is 45.2 Å². The van der Waals surface area contributed by atoms with Crippen LogP contribution in [0.25, 0.3) is 0 Å². The van der Waals surface area contributed by atoms with Crippen LogP contribution in [0.3, 0.4) is 0 Å². The van der Waals surface area contributed by atoms with Gasteiger partial charge < -0.3 is 30.7 Å². The van der Waals surface area contributed by atoms with E-state index in [-0.39, 0.29) is 36.5 Å². The maximum Gasteiger partial charge on any atom is 0.258 e. The molecule has 3 aromatic rings. The van der Waals surface area contributed by atoms with Crippen molar-refractivity contribution in [1.29, 1.82) is 0 Å². The monoisotopic (exact) mass is 559 g/mol. The quantitative estimate of drug-likeness (QED) is 0.341. The van der Waals surface area contributed by atoms with Crippen LogP contribution in [0, 0.1) is 5.92 Å². The molecule has 0 aromatic heterocycles. The molecule has 0 radical (unpaired) electrons. The van der Waals surface area contributed by atoms with Crippen LogP contribution in [0.4, 0.5) is 17.1 Å². The molecule has 0 saturated carbocycles. The summed E-state index contributed by atoms with van der Waals surface area (Å²) in [4.78, 5) is 32.1. The number of aliphatic hydroxyl groups is 1. The molecule has 1 heterocycles. The number of carbonyl (C=O) groups excluding carboxylic acids is 2. The molecule has 218 valence electrons. The highest BCUT2D eigenvalue weighted by Crippen LogP contribution is 2.36. The molecule has 3 aromatic carbocycles. The molecule has 4 N–H and O–H groups in total. The van der Waals surface area contributed by atoms with E-state index in [4.69, 9.17) is 10.5 Å². The molecule has 0 spiro atoms. The van der Waals surface area contributed by atoms with Crippen LogP contribution in [0.2, 0.25) is 0 Å². The fourth-order valence-electron chi connectivity index (χ4n) is 5.05. The van der Waals surface area contributed by atoms with Gasteiger partial charge in [0.1, 0.15) is 6.10 Å². The molecule has 3 atom stereocenters. The van der Waals surface area contributed by atoms with Gasteiger partial charge in [0.05, 0.1) is 35.3 Å². The summed E-state index contributed by atoms with van der Waals surface area (Å²) in [6.07, 6.45) is -0.206. The van der Waals surface area contributed by atoms with Crippen molar-refractivity contribution in [1.82, 2.24) is 9.80 Å². The molecule has 9 nitrogen and oxygen atoms in total. The lowest BCUT2D eigenvalue weighted by atomic mass is 9.98. The molecule has 1 aliphatic heterocycles. The van der Waals surface area contributed by atoms with Crippen LogP contribution in [0.1, 0.15) is 40.1 Å². The van der Waals surface area contributed by atoms with Crippen LogP contribution in [0.15, 0.2) is 66.7 Å². The highest BCUT2D eigenvalue weighted by molar-refractivity contribution is 6.05. The second kappa shape index (κ2) is 13.1. The number of fused-ring (bicyclic) bond motifs is 1. The Kier molecular flexibility index (Phi) is 9.52. The predicted molar refractivity (Wildman–Crippen MR) is 164 cm³/mol. The molecule has 4 rings (SSSR count). The standard InChI is InChI=1S/C32H41N5O4/c1-21-17-37(22(2)20-38)32(40)25-9-8-12-28(35(3)4)30(25)41-29(21)19-36(5)18-23-13-15-24(16-14-23)31(39)34-27-11-7-6-10-26(27)33/h6-16,21-22,29,38H,17-20,33H2,1-5H3,(H,34,39)/t21-,22-,29-/m0/s1. The van der Waals surface area contributed by atoms with E-state index in [1.807, 2.05) is 81.5 Å². The highest BCUT2D eigenvalue weighted by Gasteiger charge is 2.34. The van der Waals surface area contributed by atoms with Gasteiger partial charge in [-0.2, -0.15) is 0 Å². The number of anilines is 3. The fraction of sp³-hybridized carbons (Fsp3) is 0.375. The number of carbonyl (C=O) groups is 2. The number of aliphatic hydroxyl groups excluding tert-OH is 1. The first-order valence-electron chi connectivity index (χ1n) is 13.9. The van der Waals surface area contributed by atoms with Crippen molar-refractivity contribution in [2.45, 2.75) is 32.5 Å². The number of nitrogens with one attached hydrogen (secondary N) is 1. The van der Waals surface area contributed by atoms with Crippen LogP contribution in [-0.4, -0.2) is 79.7 Å². The molecule has 0 unspecified atom stereocenters. The van der Waals surface area contributed by atoms with Crippen LogP contribution >= 0.6 is 0 Å². The molecule has 0 saturated heterocycles. The van der Waals surface area contributed by atoms with Gasteiger partial charge in [-0.3, -0.25) is 14.5 Å². The summed E-state index contributed by atoms with van der Waals surface area (Å²) in [7, 11) is 5.89. The fourth-order valence-corrected chi connectivity index (χ4v) is 5.05. The van der Waals surface area contributed by atoms with Gasteiger partial charge in [0.25, 0.3) is 11.8 Å². The summed E-state index contributed by atoms with van der Waals surface area (Å²) in [6.45, 7) is 5.58. The Bertz CT molecular complexity index is 1360. The number of para-hydroxylation sites is 3. The molecular weight excluding hydrogens is 518 g/mol. The van der Waals surface area contributed by atoms with Gasteiger partial charge in [0.15, 0.2) is 5.75 Å². The summed E-state index contributed by atoms with van der Waals surface area (Å²) < 4.78 is 6.64. The molecule has 9 heteroatoms. The van der Waals surface area contributed by atoms with Crippen molar-refractivity contribution in [2.24, 2.45) is 5.92 Å². The van der Waals surface area contributed by atoms with Crippen LogP contribution in [-0.2, 0) is 6.54 Å². The third-order valence-corrected chi connectivity index (χ3v) is 7.52. The summed E-state index contributed by atoms with van der Waals surface area (Å²) in [5, 5.41) is 12.7. The minimum atomic E-state index is -0.314. The van der Waals surface area contributed by atoms with Crippen molar-refractivity contribution in [3.8, 4) is 5.75 Å². The zero-order valence-electron chi connectivity index (χ0n) is 24.5. The molecule has 0 bridgehead atoms. The molecular formula is C32H41N5O4. The first kappa shape index (κ1) is 29.9. The zero-order chi connectivity index (χ0) is 29.7. The number of nitrogen functional groups attached to an aromatic ring is 1. The third kappa shape index (κ3) is 6.99. The van der Waals surface area contributed by atoms with E-state index >= 15 is 0 Å². The lowest BCUT2D eigenvalue weighted by molar-refractivity contribution is 0.0343. The predicted octanol–water partition coefficient (Wildman–Crippen LogP) is 3.94. The minimum Gasteiger partial charge on any atom is -0.486 e. The van der Waals surface area contributed by atoms with Gasteiger partial charge in [-0.1, -0.05) is 37.3 Å². The van der Waals surface area contributed by atoms with Crippen LogP contribution < -0.4 is 20.7 Å². The van der Waals surface area contributed by atoms with E-state index in [1.54, 1.807) is 23.1 Å². The number of hydrogen-bond acceptors (Lipinski definition) is 7. The molecule has 0 aliphatic carbocycles. The van der Waals surface area contributed by atoms with Gasteiger partial charge in [-0.15, -0.1) is 0 Å². The summed E-state index contributed by atoms with van der Waals surface area (Å²) >= 11 is 0. The van der Waals surface area contributed by atoms with E-state index < -0.39 is 0 Å². The minimum absolute atomic E-state index is 0.00950. The Morgan fingerprint density at radius 3 is 2.46 bits per heavy atom. The maximum absolute atomic E-state index is 13.5. The van der Waals surface area contributed by atoms with Crippen molar-refractivity contribution >= 4 is 28.9 Å². The third-order valence-electron chi connectivity index (χ3n) is 7.52. The van der Waals surface area contributed by atoms with Gasteiger partial charge >= 0.3 is 0 Å². The largest absolute Gasteiger partial charge is 0.486 e.